The van der Waals surface area contributed by atoms with E-state index in [4.69, 9.17) is 9.47 Å². The highest BCUT2D eigenvalue weighted by molar-refractivity contribution is 7.90. The highest BCUT2D eigenvalue weighted by Crippen LogP contribution is 2.29. The lowest BCUT2D eigenvalue weighted by Gasteiger charge is -2.40. The monoisotopic (exact) mass is 286 g/mol. The first kappa shape index (κ1) is 14.3. The Bertz CT molecular complexity index is 540. The van der Waals surface area contributed by atoms with Crippen LogP contribution in [0.25, 0.3) is 0 Å². The Morgan fingerprint density at radius 2 is 2.16 bits per heavy atom. The van der Waals surface area contributed by atoms with Gasteiger partial charge in [0.15, 0.2) is 9.84 Å². The predicted molar refractivity (Wildman–Crippen MR) is 70.0 cm³/mol. The zero-order valence-electron chi connectivity index (χ0n) is 10.9. The lowest BCUT2D eigenvalue weighted by atomic mass is 9.88. The van der Waals surface area contributed by atoms with Gasteiger partial charge in [-0.15, -0.1) is 0 Å². The Morgan fingerprint density at radius 1 is 1.42 bits per heavy atom. The molecule has 3 unspecified atom stereocenters. The number of hydrogen-bond acceptors (Lipinski definition) is 5. The molecule has 0 saturated heterocycles. The summed E-state index contributed by atoms with van der Waals surface area (Å²) in [5.41, 5.74) is 0. The Morgan fingerprint density at radius 3 is 2.74 bits per heavy atom. The molecule has 0 amide bonds. The van der Waals surface area contributed by atoms with Crippen molar-refractivity contribution in [2.45, 2.75) is 36.6 Å². The van der Waals surface area contributed by atoms with Crippen molar-refractivity contribution in [3.8, 4) is 5.75 Å². The topological polar surface area (TPSA) is 72.8 Å². The molecule has 0 radical (unpaired) electrons. The minimum atomic E-state index is -3.24. The molecule has 1 aliphatic carbocycles. The van der Waals surface area contributed by atoms with Crippen molar-refractivity contribution in [1.82, 2.24) is 0 Å². The first-order valence-corrected chi connectivity index (χ1v) is 8.07. The van der Waals surface area contributed by atoms with Crippen molar-refractivity contribution in [2.75, 3.05) is 12.9 Å². The first-order chi connectivity index (χ1) is 8.91. The third kappa shape index (κ3) is 3.26. The average molecular weight is 286 g/mol. The molecule has 106 valence electrons. The second kappa shape index (κ2) is 5.48. The van der Waals surface area contributed by atoms with Gasteiger partial charge in [-0.3, -0.25) is 0 Å². The fourth-order valence-electron chi connectivity index (χ4n) is 2.04. The largest absolute Gasteiger partial charge is 0.487 e. The number of aliphatic hydroxyl groups is 1. The van der Waals surface area contributed by atoms with Gasteiger partial charge in [-0.2, -0.15) is 0 Å². The minimum Gasteiger partial charge on any atom is -0.487 e. The molecule has 1 aliphatic rings. The van der Waals surface area contributed by atoms with Crippen molar-refractivity contribution >= 4 is 9.84 Å². The number of aliphatic hydroxyl groups excluding tert-OH is 1. The fraction of sp³-hybridized carbons (Fsp3) is 0.538. The second-order valence-electron chi connectivity index (χ2n) is 4.63. The van der Waals surface area contributed by atoms with E-state index in [2.05, 4.69) is 0 Å². The van der Waals surface area contributed by atoms with Gasteiger partial charge < -0.3 is 14.6 Å². The van der Waals surface area contributed by atoms with Gasteiger partial charge in [0.05, 0.1) is 11.0 Å². The quantitative estimate of drug-likeness (QED) is 0.874. The number of ether oxygens (including phenoxy) is 2. The maximum absolute atomic E-state index is 11.5. The van der Waals surface area contributed by atoms with Crippen molar-refractivity contribution in [3.05, 3.63) is 24.3 Å². The van der Waals surface area contributed by atoms with Crippen molar-refractivity contribution in [2.24, 2.45) is 0 Å². The molecule has 0 heterocycles. The van der Waals surface area contributed by atoms with Crippen LogP contribution in [-0.4, -0.2) is 44.7 Å². The van der Waals surface area contributed by atoms with Crippen LogP contribution < -0.4 is 4.74 Å². The van der Waals surface area contributed by atoms with E-state index in [-0.39, 0.29) is 17.1 Å². The van der Waals surface area contributed by atoms with Crippen LogP contribution in [0.4, 0.5) is 0 Å². The molecule has 1 aromatic carbocycles. The molecule has 3 atom stereocenters. The number of rotatable bonds is 5. The van der Waals surface area contributed by atoms with Crippen molar-refractivity contribution < 1.29 is 23.0 Å². The van der Waals surface area contributed by atoms with Crippen LogP contribution in [0.1, 0.15) is 13.3 Å². The average Bonchev–Trinajstić information content (AvgIpc) is 2.35. The highest BCUT2D eigenvalue weighted by Gasteiger charge is 2.42. The molecule has 0 bridgehead atoms. The van der Waals surface area contributed by atoms with Gasteiger partial charge in [0.1, 0.15) is 18.0 Å². The van der Waals surface area contributed by atoms with E-state index in [9.17, 15) is 13.5 Å². The van der Waals surface area contributed by atoms with Gasteiger partial charge in [0.2, 0.25) is 0 Å². The van der Waals surface area contributed by atoms with Crippen LogP contribution in [0.15, 0.2) is 29.2 Å². The van der Waals surface area contributed by atoms with Gasteiger partial charge >= 0.3 is 0 Å². The van der Waals surface area contributed by atoms with E-state index in [1.54, 1.807) is 12.1 Å². The molecule has 1 aromatic rings. The summed E-state index contributed by atoms with van der Waals surface area (Å²) in [5, 5.41) is 9.57. The summed E-state index contributed by atoms with van der Waals surface area (Å²) in [5.74, 6) is 0.476. The third-order valence-corrected chi connectivity index (χ3v) is 4.21. The molecule has 6 heteroatoms. The lowest BCUT2D eigenvalue weighted by Crippen LogP contribution is -2.55. The third-order valence-electron chi connectivity index (χ3n) is 3.10. The summed E-state index contributed by atoms with van der Waals surface area (Å²) >= 11 is 0. The number of hydrogen-bond donors (Lipinski definition) is 1. The Kier molecular flexibility index (Phi) is 4.13. The summed E-state index contributed by atoms with van der Waals surface area (Å²) in [4.78, 5) is 0.220. The SMILES string of the molecule is CCOC1C(O)CC1Oc1cccc(S(C)(=O)=O)c1. The normalized spacial score (nSPS) is 26.8. The summed E-state index contributed by atoms with van der Waals surface area (Å²) in [6.45, 7) is 2.36. The highest BCUT2D eigenvalue weighted by atomic mass is 32.2. The molecule has 19 heavy (non-hydrogen) atoms. The van der Waals surface area contributed by atoms with Crippen LogP contribution in [0.2, 0.25) is 0 Å². The van der Waals surface area contributed by atoms with Gasteiger partial charge in [-0.1, -0.05) is 6.07 Å². The molecule has 0 spiro atoms. The molecule has 1 saturated carbocycles. The van der Waals surface area contributed by atoms with Crippen LogP contribution in [0.3, 0.4) is 0 Å². The summed E-state index contributed by atoms with van der Waals surface area (Å²) in [6.07, 6.45) is 0.565. The van der Waals surface area contributed by atoms with Crippen LogP contribution in [0, 0.1) is 0 Å². The van der Waals surface area contributed by atoms with Crippen molar-refractivity contribution in [1.29, 1.82) is 0 Å². The maximum Gasteiger partial charge on any atom is 0.175 e. The Labute approximate surface area is 113 Å². The smallest absolute Gasteiger partial charge is 0.175 e. The number of benzene rings is 1. The Balaban J connectivity index is 2.08. The van der Waals surface area contributed by atoms with Crippen molar-refractivity contribution in [3.63, 3.8) is 0 Å². The number of sulfone groups is 1. The molecule has 0 aromatic heterocycles. The molecule has 2 rings (SSSR count). The van der Waals surface area contributed by atoms with E-state index >= 15 is 0 Å². The Hall–Kier alpha value is -1.11. The molecule has 5 nitrogen and oxygen atoms in total. The molecular formula is C13H18O5S. The van der Waals surface area contributed by atoms with Crippen LogP contribution >= 0.6 is 0 Å². The molecule has 1 N–H and O–H groups in total. The van der Waals surface area contributed by atoms with Gasteiger partial charge in [-0.25, -0.2) is 8.42 Å². The van der Waals surface area contributed by atoms with E-state index in [1.165, 1.54) is 12.1 Å². The zero-order valence-corrected chi connectivity index (χ0v) is 11.8. The van der Waals surface area contributed by atoms with Crippen LogP contribution in [0.5, 0.6) is 5.75 Å². The summed E-state index contributed by atoms with van der Waals surface area (Å²) < 4.78 is 34.0. The van der Waals surface area contributed by atoms with Gasteiger partial charge in [0, 0.05) is 19.3 Å². The fourth-order valence-corrected chi connectivity index (χ4v) is 2.69. The molecule has 0 aliphatic heterocycles. The van der Waals surface area contributed by atoms with Gasteiger partial charge in [-0.05, 0) is 25.1 Å². The minimum absolute atomic E-state index is 0.220. The zero-order chi connectivity index (χ0) is 14.0. The standard InChI is InChI=1S/C13H18O5S/c1-3-17-13-11(14)8-12(13)18-9-5-4-6-10(7-9)19(2,15)16/h4-7,11-14H,3,8H2,1-2H3. The van der Waals surface area contributed by atoms with E-state index < -0.39 is 15.9 Å². The molecule has 1 fully saturated rings. The maximum atomic E-state index is 11.5. The summed E-state index contributed by atoms with van der Waals surface area (Å²) in [7, 11) is -3.24. The van der Waals surface area contributed by atoms with Gasteiger partial charge in [0.25, 0.3) is 0 Å². The van der Waals surface area contributed by atoms with Crippen LogP contribution in [-0.2, 0) is 14.6 Å². The second-order valence-corrected chi connectivity index (χ2v) is 6.64. The summed E-state index contributed by atoms with van der Waals surface area (Å²) in [6, 6.07) is 6.35. The van der Waals surface area contributed by atoms with E-state index in [0.29, 0.717) is 18.8 Å². The first-order valence-electron chi connectivity index (χ1n) is 6.18. The lowest BCUT2D eigenvalue weighted by molar-refractivity contribution is -0.160. The van der Waals surface area contributed by atoms with E-state index in [1.807, 2.05) is 6.92 Å². The molecular weight excluding hydrogens is 268 g/mol. The predicted octanol–water partition coefficient (Wildman–Crippen LogP) is 1.01. The van der Waals surface area contributed by atoms with E-state index in [0.717, 1.165) is 6.26 Å².